The van der Waals surface area contributed by atoms with Crippen molar-refractivity contribution in [2.75, 3.05) is 13.2 Å². The molecule has 0 fully saturated rings. The molecular formula is C45H81MgN3O5. The third-order valence-electron chi connectivity index (χ3n) is 4.99. The summed E-state index contributed by atoms with van der Waals surface area (Å²) in [5, 5.41) is 16.7. The molecule has 3 aromatic rings. The van der Waals surface area contributed by atoms with Crippen LogP contribution in [0, 0.1) is 14.9 Å². The van der Waals surface area contributed by atoms with Crippen LogP contribution in [0.5, 0.6) is 0 Å². The Hall–Kier alpha value is -3.24. The molecule has 2 aliphatic rings. The van der Waals surface area contributed by atoms with Crippen LogP contribution in [0.1, 0.15) is 140 Å². The minimum absolute atomic E-state index is 0. The molecule has 5 rings (SSSR count). The summed E-state index contributed by atoms with van der Waals surface area (Å²) in [6.07, 6.45) is 0. The maximum atomic E-state index is 10.2. The van der Waals surface area contributed by atoms with Crippen molar-refractivity contribution in [1.82, 2.24) is 0 Å². The van der Waals surface area contributed by atoms with Crippen molar-refractivity contribution in [3.63, 3.8) is 0 Å². The molecule has 0 atom stereocenters. The Labute approximate surface area is 350 Å². The first-order valence-electron chi connectivity index (χ1n) is 18.0. The van der Waals surface area contributed by atoms with Gasteiger partial charge in [-0.15, -0.1) is 0 Å². The molecule has 0 bridgehead atoms. The van der Waals surface area contributed by atoms with E-state index in [1.807, 2.05) is 130 Å². The monoisotopic (exact) mass is 768 g/mol. The summed E-state index contributed by atoms with van der Waals surface area (Å²) < 4.78 is 11.0. The molecule has 2 heterocycles. The van der Waals surface area contributed by atoms with Gasteiger partial charge in [0, 0.05) is 11.1 Å². The van der Waals surface area contributed by atoms with Crippen LogP contribution in [0.15, 0.2) is 101 Å². The summed E-state index contributed by atoms with van der Waals surface area (Å²) >= 11 is 0. The van der Waals surface area contributed by atoms with Crippen molar-refractivity contribution >= 4 is 40.8 Å². The van der Waals surface area contributed by atoms with Gasteiger partial charge < -0.3 is 40.3 Å². The SMILES string of the molecule is C.CC.CC.CC.CC.CC.CC(C)(N)O.CC1(C)COC(c2ccccc2)=N1.CC1(C)COC(c2ccccc2)=N1.O=C(O)c1ccccc1.[CH3-].[CH3-].[Mg+2]. The quantitative estimate of drug-likeness (QED) is 0.138. The van der Waals surface area contributed by atoms with Crippen molar-refractivity contribution in [1.29, 1.82) is 0 Å². The van der Waals surface area contributed by atoms with Gasteiger partial charge in [0.15, 0.2) is 0 Å². The van der Waals surface area contributed by atoms with Gasteiger partial charge in [0.05, 0.1) is 16.6 Å². The molecule has 4 N–H and O–H groups in total. The third kappa shape index (κ3) is 37.1. The number of ether oxygens (including phenoxy) is 2. The summed E-state index contributed by atoms with van der Waals surface area (Å²) in [6.45, 7) is 32.7. The van der Waals surface area contributed by atoms with Gasteiger partial charge in [-0.1, -0.05) is 131 Å². The van der Waals surface area contributed by atoms with E-state index in [1.54, 1.807) is 30.3 Å². The number of rotatable bonds is 3. The molecule has 9 heteroatoms. The van der Waals surface area contributed by atoms with Crippen molar-refractivity contribution < 1.29 is 24.5 Å². The molecule has 54 heavy (non-hydrogen) atoms. The van der Waals surface area contributed by atoms with Crippen LogP contribution in [-0.4, -0.2) is 81.0 Å². The second-order valence-corrected chi connectivity index (χ2v) is 11.1. The Morgan fingerprint density at radius 1 is 0.611 bits per heavy atom. The molecule has 0 unspecified atom stereocenters. The van der Waals surface area contributed by atoms with E-state index in [4.69, 9.17) is 25.4 Å². The minimum Gasteiger partial charge on any atom is -0.478 e. The first-order valence-corrected chi connectivity index (χ1v) is 18.0. The summed E-state index contributed by atoms with van der Waals surface area (Å²) in [6, 6.07) is 28.3. The average molecular weight is 768 g/mol. The first kappa shape index (κ1) is 68.7. The largest absolute Gasteiger partial charge is 2.00 e. The number of aliphatic hydroxyl groups is 1. The fraction of sp³-hybridized carbons (Fsp3) is 0.489. The predicted octanol–water partition coefficient (Wildman–Crippen LogP) is 11.8. The second-order valence-electron chi connectivity index (χ2n) is 11.1. The smallest absolute Gasteiger partial charge is 0.478 e. The van der Waals surface area contributed by atoms with Crippen molar-refractivity contribution in [2.24, 2.45) is 15.7 Å². The number of aromatic carboxylic acids is 1. The normalized spacial score (nSPS) is 12.5. The van der Waals surface area contributed by atoms with Crippen molar-refractivity contribution in [2.45, 2.75) is 135 Å². The molecule has 0 spiro atoms. The Morgan fingerprint density at radius 3 is 1.00 bits per heavy atom. The predicted molar refractivity (Wildman–Crippen MR) is 242 cm³/mol. The Morgan fingerprint density at radius 2 is 0.833 bits per heavy atom. The third-order valence-corrected chi connectivity index (χ3v) is 4.99. The molecule has 0 amide bonds. The minimum atomic E-state index is -1.00. The van der Waals surface area contributed by atoms with Gasteiger partial charge in [0.1, 0.15) is 18.9 Å². The molecular weight excluding hydrogens is 687 g/mol. The van der Waals surface area contributed by atoms with Crippen molar-refractivity contribution in [3.05, 3.63) is 123 Å². The van der Waals surface area contributed by atoms with E-state index in [0.29, 0.717) is 18.8 Å². The zero-order valence-corrected chi connectivity index (χ0v) is 38.3. The number of carbonyl (C=O) groups is 1. The molecule has 0 radical (unpaired) electrons. The Bertz CT molecular complexity index is 1190. The van der Waals surface area contributed by atoms with E-state index in [1.165, 1.54) is 13.8 Å². The van der Waals surface area contributed by atoms with Crippen LogP contribution in [-0.2, 0) is 9.47 Å². The standard InChI is InChI=1S/2C11H13NO.C7H6O2.C3H9NO.5C2H6.CH4.2CH3.Mg/c2*1-11(2)8-13-10(12-11)9-6-4-3-5-7-9;8-7(9)6-4-2-1-3-5-6;1-3(2,4)5;5*1-2;;;;/h2*3-7H,8H2,1-2H3;1-5H,(H,8,9);5H,4H2,1-2H3;5*1-2H3;1H4;2*1H3;/q;;;;;;;;;;2*-1;+2. The molecule has 3 aromatic carbocycles. The van der Waals surface area contributed by atoms with E-state index in [-0.39, 0.29) is 56.4 Å². The number of carboxylic acids is 1. The maximum Gasteiger partial charge on any atom is 2.00 e. The van der Waals surface area contributed by atoms with E-state index in [0.717, 1.165) is 22.9 Å². The fourth-order valence-corrected chi connectivity index (χ4v) is 3.21. The van der Waals surface area contributed by atoms with Crippen molar-refractivity contribution in [3.8, 4) is 0 Å². The number of aliphatic imine (C=N–C) groups is 2. The van der Waals surface area contributed by atoms with Gasteiger partial charge in [-0.05, 0) is 77.9 Å². The zero-order chi connectivity index (χ0) is 39.8. The maximum absolute atomic E-state index is 10.2. The molecule has 0 aromatic heterocycles. The molecule has 308 valence electrons. The molecule has 8 nitrogen and oxygen atoms in total. The topological polar surface area (TPSA) is 127 Å². The Kier molecular flexibility index (Phi) is 52.1. The fourth-order valence-electron chi connectivity index (χ4n) is 3.21. The molecule has 0 saturated heterocycles. The van der Waals surface area contributed by atoms with E-state index in [2.05, 4.69) is 37.7 Å². The van der Waals surface area contributed by atoms with Gasteiger partial charge in [-0.2, -0.15) is 0 Å². The summed E-state index contributed by atoms with van der Waals surface area (Å²) in [5.41, 5.74) is 6.24. The van der Waals surface area contributed by atoms with Crippen LogP contribution >= 0.6 is 0 Å². The molecule has 2 aliphatic heterocycles. The Balaban J connectivity index is -0.0000000813. The van der Waals surface area contributed by atoms with Crippen LogP contribution in [0.3, 0.4) is 0 Å². The van der Waals surface area contributed by atoms with Crippen LogP contribution in [0.25, 0.3) is 0 Å². The van der Waals surface area contributed by atoms with Gasteiger partial charge in [-0.3, -0.25) is 0 Å². The van der Waals surface area contributed by atoms with Crippen LogP contribution < -0.4 is 5.73 Å². The van der Waals surface area contributed by atoms with E-state index >= 15 is 0 Å². The number of hydrogen-bond acceptors (Lipinski definition) is 7. The molecule has 0 aliphatic carbocycles. The van der Waals surface area contributed by atoms with E-state index in [9.17, 15) is 4.79 Å². The van der Waals surface area contributed by atoms with Gasteiger partial charge in [-0.25, -0.2) is 14.8 Å². The van der Waals surface area contributed by atoms with Gasteiger partial charge in [0.25, 0.3) is 0 Å². The second kappa shape index (κ2) is 40.9. The van der Waals surface area contributed by atoms with Crippen LogP contribution in [0.2, 0.25) is 0 Å². The summed E-state index contributed by atoms with van der Waals surface area (Å²) in [7, 11) is 0. The van der Waals surface area contributed by atoms with Gasteiger partial charge >= 0.3 is 29.0 Å². The zero-order valence-electron chi connectivity index (χ0n) is 36.9. The number of nitrogens with zero attached hydrogens (tertiary/aromatic N) is 2. The first-order chi connectivity index (χ1) is 23.7. The average Bonchev–Trinajstić information content (AvgIpc) is 3.70. The summed E-state index contributed by atoms with van der Waals surface area (Å²) in [4.78, 5) is 19.2. The van der Waals surface area contributed by atoms with E-state index < -0.39 is 11.7 Å². The van der Waals surface area contributed by atoms with Crippen LogP contribution in [0.4, 0.5) is 0 Å². The number of carboxylic acid groups (broad SMARTS) is 1. The summed E-state index contributed by atoms with van der Waals surface area (Å²) in [5.74, 6) is 0.659. The number of nitrogens with two attached hydrogens (primary N) is 1. The number of benzene rings is 3. The van der Waals surface area contributed by atoms with Gasteiger partial charge in [0.2, 0.25) is 11.8 Å². The number of hydrogen-bond donors (Lipinski definition) is 3. The molecule has 0 saturated carbocycles.